The van der Waals surface area contributed by atoms with E-state index in [1.807, 2.05) is 0 Å². The first-order valence-corrected chi connectivity index (χ1v) is 5.10. The Bertz CT molecular complexity index is 259. The van der Waals surface area contributed by atoms with E-state index in [9.17, 15) is 0 Å². The fourth-order valence-corrected chi connectivity index (χ4v) is 1.52. The van der Waals surface area contributed by atoms with Crippen molar-refractivity contribution in [2.75, 3.05) is 6.61 Å². The monoisotopic (exact) mass is 176 g/mol. The molecule has 1 fully saturated rings. The Morgan fingerprint density at radius 3 is 2.54 bits per heavy atom. The summed E-state index contributed by atoms with van der Waals surface area (Å²) in [5.74, 6) is 0. The molecule has 13 heavy (non-hydrogen) atoms. The zero-order valence-corrected chi connectivity index (χ0v) is 8.12. The third-order valence-electron chi connectivity index (χ3n) is 2.50. The molecular weight excluding hydrogens is 160 g/mol. The van der Waals surface area contributed by atoms with Crippen molar-refractivity contribution in [3.05, 3.63) is 35.4 Å². The second kappa shape index (κ2) is 3.93. The Labute approximate surface area is 79.7 Å². The highest BCUT2D eigenvalue weighted by atomic mass is 16.6. The summed E-state index contributed by atoms with van der Waals surface area (Å²) in [5, 5.41) is 0. The van der Waals surface area contributed by atoms with E-state index in [1.54, 1.807) is 0 Å². The molecule has 0 N–H and O–H groups in total. The van der Waals surface area contributed by atoms with Crippen LogP contribution in [0.4, 0.5) is 0 Å². The van der Waals surface area contributed by atoms with Crippen LogP contribution in [0.1, 0.15) is 37.0 Å². The minimum atomic E-state index is 0.403. The third-order valence-corrected chi connectivity index (χ3v) is 2.50. The lowest BCUT2D eigenvalue weighted by atomic mass is 10.1. The Balaban J connectivity index is 1.96. The average molecular weight is 176 g/mol. The van der Waals surface area contributed by atoms with Crippen LogP contribution in [0.2, 0.25) is 0 Å². The van der Waals surface area contributed by atoms with Gasteiger partial charge in [0, 0.05) is 0 Å². The van der Waals surface area contributed by atoms with E-state index in [0.717, 1.165) is 6.61 Å². The zero-order chi connectivity index (χ0) is 9.10. The second-order valence-electron chi connectivity index (χ2n) is 3.67. The first-order chi connectivity index (χ1) is 6.40. The maximum Gasteiger partial charge on any atom is 0.106 e. The first kappa shape index (κ1) is 8.76. The van der Waals surface area contributed by atoms with Crippen molar-refractivity contribution in [1.29, 1.82) is 0 Å². The third kappa shape index (κ3) is 2.31. The molecule has 1 aromatic carbocycles. The van der Waals surface area contributed by atoms with Gasteiger partial charge in [-0.25, -0.2) is 0 Å². The van der Waals surface area contributed by atoms with Gasteiger partial charge in [0.25, 0.3) is 0 Å². The van der Waals surface area contributed by atoms with E-state index in [-0.39, 0.29) is 0 Å². The van der Waals surface area contributed by atoms with E-state index in [2.05, 4.69) is 31.2 Å². The Hall–Kier alpha value is -0.820. The molecule has 0 saturated carbocycles. The van der Waals surface area contributed by atoms with Crippen molar-refractivity contribution in [3.8, 4) is 0 Å². The molecule has 1 heterocycles. The van der Waals surface area contributed by atoms with Crippen LogP contribution in [-0.2, 0) is 11.2 Å². The Morgan fingerprint density at radius 1 is 1.31 bits per heavy atom. The lowest BCUT2D eigenvalue weighted by Gasteiger charge is -2.00. The van der Waals surface area contributed by atoms with Crippen molar-refractivity contribution in [2.45, 2.75) is 32.3 Å². The lowest BCUT2D eigenvalue weighted by molar-refractivity contribution is 0.415. The molecule has 0 bridgehead atoms. The largest absolute Gasteiger partial charge is 0.368 e. The van der Waals surface area contributed by atoms with Crippen molar-refractivity contribution in [1.82, 2.24) is 0 Å². The second-order valence-corrected chi connectivity index (χ2v) is 3.67. The molecule has 1 unspecified atom stereocenters. The number of epoxide rings is 1. The standard InChI is InChI=1S/C12H16O/c1-2-3-4-10-5-7-11(8-6-10)12-9-13-12/h5-8,12H,2-4,9H2,1H3. The van der Waals surface area contributed by atoms with Gasteiger partial charge in [0.2, 0.25) is 0 Å². The molecule has 1 nitrogen and oxygen atoms in total. The number of ether oxygens (including phenoxy) is 1. The van der Waals surface area contributed by atoms with Crippen LogP contribution in [0.25, 0.3) is 0 Å². The van der Waals surface area contributed by atoms with Crippen LogP contribution < -0.4 is 0 Å². The molecule has 0 aliphatic carbocycles. The molecule has 1 heteroatoms. The van der Waals surface area contributed by atoms with Gasteiger partial charge in [-0.1, -0.05) is 37.6 Å². The molecule has 0 aromatic heterocycles. The molecule has 70 valence electrons. The highest BCUT2D eigenvalue weighted by molar-refractivity contribution is 5.25. The van der Waals surface area contributed by atoms with Crippen molar-refractivity contribution in [2.24, 2.45) is 0 Å². The first-order valence-electron chi connectivity index (χ1n) is 5.10. The molecule has 1 saturated heterocycles. The van der Waals surface area contributed by atoms with Crippen molar-refractivity contribution >= 4 is 0 Å². The average Bonchev–Trinajstić information content (AvgIpc) is 2.99. The van der Waals surface area contributed by atoms with Gasteiger partial charge in [-0.2, -0.15) is 0 Å². The number of rotatable bonds is 4. The molecule has 1 atom stereocenters. The fraction of sp³-hybridized carbons (Fsp3) is 0.500. The van der Waals surface area contributed by atoms with E-state index in [4.69, 9.17) is 4.74 Å². The predicted octanol–water partition coefficient (Wildman–Crippen LogP) is 3.10. The molecule has 0 radical (unpaired) electrons. The SMILES string of the molecule is CCCCc1ccc(C2CO2)cc1. The van der Waals surface area contributed by atoms with E-state index < -0.39 is 0 Å². The van der Waals surface area contributed by atoms with E-state index in [0.29, 0.717) is 6.10 Å². The van der Waals surface area contributed by atoms with Crippen LogP contribution in [0.15, 0.2) is 24.3 Å². The Kier molecular flexibility index (Phi) is 2.65. The van der Waals surface area contributed by atoms with Gasteiger partial charge in [0.1, 0.15) is 6.10 Å². The van der Waals surface area contributed by atoms with Gasteiger partial charge in [-0.3, -0.25) is 0 Å². The van der Waals surface area contributed by atoms with Crippen LogP contribution in [0.5, 0.6) is 0 Å². The number of unbranched alkanes of at least 4 members (excludes halogenated alkanes) is 1. The highest BCUT2D eigenvalue weighted by Gasteiger charge is 2.23. The van der Waals surface area contributed by atoms with Gasteiger partial charge in [0.05, 0.1) is 6.61 Å². The van der Waals surface area contributed by atoms with Gasteiger partial charge >= 0.3 is 0 Å². The maximum absolute atomic E-state index is 5.22. The summed E-state index contributed by atoms with van der Waals surface area (Å²) < 4.78 is 5.22. The summed E-state index contributed by atoms with van der Waals surface area (Å²) in [7, 11) is 0. The molecule has 2 rings (SSSR count). The molecule has 1 aliphatic heterocycles. The molecule has 0 spiro atoms. The summed E-state index contributed by atoms with van der Waals surface area (Å²) in [4.78, 5) is 0. The summed E-state index contributed by atoms with van der Waals surface area (Å²) in [6.07, 6.45) is 4.18. The molecular formula is C12H16O. The maximum atomic E-state index is 5.22. The Morgan fingerprint density at radius 2 is 2.00 bits per heavy atom. The van der Waals surface area contributed by atoms with Gasteiger partial charge in [0.15, 0.2) is 0 Å². The molecule has 1 aliphatic rings. The van der Waals surface area contributed by atoms with Crippen LogP contribution >= 0.6 is 0 Å². The summed E-state index contributed by atoms with van der Waals surface area (Å²) in [6.45, 7) is 3.14. The summed E-state index contributed by atoms with van der Waals surface area (Å²) in [5.41, 5.74) is 2.78. The number of hydrogen-bond acceptors (Lipinski definition) is 1. The van der Waals surface area contributed by atoms with Crippen LogP contribution in [-0.4, -0.2) is 6.61 Å². The van der Waals surface area contributed by atoms with Crippen LogP contribution in [0.3, 0.4) is 0 Å². The summed E-state index contributed by atoms with van der Waals surface area (Å²) in [6, 6.07) is 8.85. The lowest BCUT2D eigenvalue weighted by Crippen LogP contribution is -1.86. The number of hydrogen-bond donors (Lipinski definition) is 0. The highest BCUT2D eigenvalue weighted by Crippen LogP contribution is 2.29. The van der Waals surface area contributed by atoms with Crippen molar-refractivity contribution in [3.63, 3.8) is 0 Å². The summed E-state index contributed by atoms with van der Waals surface area (Å²) >= 11 is 0. The van der Waals surface area contributed by atoms with Crippen molar-refractivity contribution < 1.29 is 4.74 Å². The predicted molar refractivity (Wildman–Crippen MR) is 53.7 cm³/mol. The smallest absolute Gasteiger partial charge is 0.106 e. The van der Waals surface area contributed by atoms with Crippen LogP contribution in [0, 0.1) is 0 Å². The van der Waals surface area contributed by atoms with E-state index >= 15 is 0 Å². The molecule has 0 amide bonds. The van der Waals surface area contributed by atoms with Gasteiger partial charge < -0.3 is 4.74 Å². The molecule has 1 aromatic rings. The van der Waals surface area contributed by atoms with Gasteiger partial charge in [-0.05, 0) is 24.0 Å². The number of aryl methyl sites for hydroxylation is 1. The number of benzene rings is 1. The topological polar surface area (TPSA) is 12.5 Å². The fourth-order valence-electron chi connectivity index (χ4n) is 1.52. The minimum absolute atomic E-state index is 0.403. The van der Waals surface area contributed by atoms with E-state index in [1.165, 1.54) is 30.4 Å². The van der Waals surface area contributed by atoms with Gasteiger partial charge in [-0.15, -0.1) is 0 Å². The zero-order valence-electron chi connectivity index (χ0n) is 8.12. The minimum Gasteiger partial charge on any atom is -0.368 e. The quantitative estimate of drug-likeness (QED) is 0.642. The normalized spacial score (nSPS) is 20.2.